The first-order chi connectivity index (χ1) is 15.2. The predicted octanol–water partition coefficient (Wildman–Crippen LogP) is 4.42. The quantitative estimate of drug-likeness (QED) is 0.566. The summed E-state index contributed by atoms with van der Waals surface area (Å²) < 4.78 is 0. The third-order valence-corrected chi connectivity index (χ3v) is 5.40. The maximum absolute atomic E-state index is 12.8. The van der Waals surface area contributed by atoms with Crippen molar-refractivity contribution >= 4 is 23.2 Å². The van der Waals surface area contributed by atoms with Crippen molar-refractivity contribution in [1.29, 1.82) is 0 Å². The molecule has 0 saturated carbocycles. The summed E-state index contributed by atoms with van der Waals surface area (Å²) in [5.74, 6) is -0.501. The summed E-state index contributed by atoms with van der Waals surface area (Å²) in [5, 5.41) is 5.59. The molecule has 31 heavy (non-hydrogen) atoms. The van der Waals surface area contributed by atoms with Gasteiger partial charge in [-0.25, -0.2) is 0 Å². The molecule has 0 unspecified atom stereocenters. The summed E-state index contributed by atoms with van der Waals surface area (Å²) in [4.78, 5) is 27.4. The third kappa shape index (κ3) is 4.67. The van der Waals surface area contributed by atoms with Gasteiger partial charge in [-0.1, -0.05) is 48.5 Å². The van der Waals surface area contributed by atoms with E-state index >= 15 is 0 Å². The first kappa shape index (κ1) is 20.4. The number of hydrogen-bond donors (Lipinski definition) is 2. The van der Waals surface area contributed by atoms with Gasteiger partial charge in [-0.2, -0.15) is 0 Å². The summed E-state index contributed by atoms with van der Waals surface area (Å²) in [6, 6.07) is 23.1. The predicted molar refractivity (Wildman–Crippen MR) is 125 cm³/mol. The minimum atomic E-state index is -0.253. The SMILES string of the molecule is C=CCNC(=O)c1ccccc1NC(=O)c1ccc(CN2CCc3ccccc32)cc1. The normalized spacial score (nSPS) is 12.2. The average Bonchev–Trinajstić information content (AvgIpc) is 3.21. The van der Waals surface area contributed by atoms with E-state index in [0.717, 1.165) is 25.1 Å². The van der Waals surface area contributed by atoms with Gasteiger partial charge in [0.2, 0.25) is 0 Å². The van der Waals surface area contributed by atoms with Gasteiger partial charge >= 0.3 is 0 Å². The number of nitrogens with one attached hydrogen (secondary N) is 2. The second-order valence-electron chi connectivity index (χ2n) is 7.50. The zero-order valence-corrected chi connectivity index (χ0v) is 17.3. The van der Waals surface area contributed by atoms with E-state index in [0.29, 0.717) is 23.4 Å². The molecule has 156 valence electrons. The molecule has 1 heterocycles. The standard InChI is InChI=1S/C26H25N3O2/c1-2-16-27-26(31)22-8-4-5-9-23(22)28-25(30)21-13-11-19(12-14-21)18-29-17-15-20-7-3-6-10-24(20)29/h2-14H,1,15-18H2,(H,27,31)(H,28,30). The maximum Gasteiger partial charge on any atom is 0.255 e. The first-order valence-electron chi connectivity index (χ1n) is 10.4. The minimum Gasteiger partial charge on any atom is -0.367 e. The van der Waals surface area contributed by atoms with Gasteiger partial charge in [-0.3, -0.25) is 9.59 Å². The highest BCUT2D eigenvalue weighted by atomic mass is 16.2. The van der Waals surface area contributed by atoms with Crippen molar-refractivity contribution in [2.45, 2.75) is 13.0 Å². The molecule has 2 amide bonds. The van der Waals surface area contributed by atoms with Crippen molar-refractivity contribution in [1.82, 2.24) is 5.32 Å². The molecule has 0 aromatic heterocycles. The summed E-state index contributed by atoms with van der Waals surface area (Å²) in [7, 11) is 0. The Morgan fingerprint density at radius 1 is 0.935 bits per heavy atom. The highest BCUT2D eigenvalue weighted by Crippen LogP contribution is 2.28. The van der Waals surface area contributed by atoms with Crippen molar-refractivity contribution in [2.75, 3.05) is 23.3 Å². The van der Waals surface area contributed by atoms with Crippen LogP contribution in [0, 0.1) is 0 Å². The van der Waals surface area contributed by atoms with Crippen molar-refractivity contribution in [3.8, 4) is 0 Å². The van der Waals surface area contributed by atoms with Crippen LogP contribution in [0.2, 0.25) is 0 Å². The second kappa shape index (κ2) is 9.30. The van der Waals surface area contributed by atoms with Crippen molar-refractivity contribution < 1.29 is 9.59 Å². The molecule has 2 N–H and O–H groups in total. The molecule has 1 aliphatic rings. The van der Waals surface area contributed by atoms with Gasteiger partial charge in [0.05, 0.1) is 11.3 Å². The van der Waals surface area contributed by atoms with E-state index in [-0.39, 0.29) is 11.8 Å². The fraction of sp³-hybridized carbons (Fsp3) is 0.154. The number of anilines is 2. The van der Waals surface area contributed by atoms with E-state index in [1.807, 2.05) is 24.3 Å². The maximum atomic E-state index is 12.8. The van der Waals surface area contributed by atoms with Crippen LogP contribution in [0.4, 0.5) is 11.4 Å². The van der Waals surface area contributed by atoms with E-state index in [4.69, 9.17) is 0 Å². The van der Waals surface area contributed by atoms with Gasteiger partial charge in [0.25, 0.3) is 11.8 Å². The fourth-order valence-corrected chi connectivity index (χ4v) is 3.80. The van der Waals surface area contributed by atoms with E-state index < -0.39 is 0 Å². The molecular formula is C26H25N3O2. The Morgan fingerprint density at radius 2 is 1.68 bits per heavy atom. The van der Waals surface area contributed by atoms with E-state index in [1.54, 1.807) is 30.3 Å². The summed E-state index contributed by atoms with van der Waals surface area (Å²) in [6.45, 7) is 5.78. The zero-order chi connectivity index (χ0) is 21.6. The fourth-order valence-electron chi connectivity index (χ4n) is 3.80. The van der Waals surface area contributed by atoms with E-state index in [1.165, 1.54) is 11.3 Å². The van der Waals surface area contributed by atoms with Crippen LogP contribution in [0.3, 0.4) is 0 Å². The Labute approximate surface area is 182 Å². The molecule has 0 spiro atoms. The second-order valence-corrected chi connectivity index (χ2v) is 7.50. The number of hydrogen-bond acceptors (Lipinski definition) is 3. The Kier molecular flexibility index (Phi) is 6.13. The van der Waals surface area contributed by atoms with Gasteiger partial charge in [0.15, 0.2) is 0 Å². The van der Waals surface area contributed by atoms with Crippen molar-refractivity contribution in [2.24, 2.45) is 0 Å². The van der Waals surface area contributed by atoms with Gasteiger partial charge in [-0.15, -0.1) is 6.58 Å². The largest absolute Gasteiger partial charge is 0.367 e. The first-order valence-corrected chi connectivity index (χ1v) is 10.4. The lowest BCUT2D eigenvalue weighted by molar-refractivity contribution is 0.0959. The lowest BCUT2D eigenvalue weighted by Crippen LogP contribution is -2.25. The van der Waals surface area contributed by atoms with Crippen LogP contribution in [0.1, 0.15) is 31.8 Å². The monoisotopic (exact) mass is 411 g/mol. The topological polar surface area (TPSA) is 61.4 Å². The smallest absolute Gasteiger partial charge is 0.255 e. The lowest BCUT2D eigenvalue weighted by Gasteiger charge is -2.19. The summed E-state index contributed by atoms with van der Waals surface area (Å²) in [6.07, 6.45) is 2.68. The number of amides is 2. The number of nitrogens with zero attached hydrogens (tertiary/aromatic N) is 1. The Morgan fingerprint density at radius 3 is 2.48 bits per heavy atom. The number of rotatable bonds is 7. The lowest BCUT2D eigenvalue weighted by atomic mass is 10.1. The molecule has 0 radical (unpaired) electrons. The highest BCUT2D eigenvalue weighted by molar-refractivity contribution is 6.09. The Hall–Kier alpha value is -3.86. The molecule has 3 aromatic carbocycles. The highest BCUT2D eigenvalue weighted by Gasteiger charge is 2.18. The molecule has 0 aliphatic carbocycles. The van der Waals surface area contributed by atoms with E-state index in [2.05, 4.69) is 46.4 Å². The molecule has 5 heteroatoms. The average molecular weight is 412 g/mol. The van der Waals surface area contributed by atoms with Crippen LogP contribution in [0.5, 0.6) is 0 Å². The summed E-state index contributed by atoms with van der Waals surface area (Å²) >= 11 is 0. The third-order valence-electron chi connectivity index (χ3n) is 5.40. The van der Waals surface area contributed by atoms with Crippen molar-refractivity contribution in [3.63, 3.8) is 0 Å². The van der Waals surface area contributed by atoms with Gasteiger partial charge in [-0.05, 0) is 47.9 Å². The number of benzene rings is 3. The van der Waals surface area contributed by atoms with Gasteiger partial charge in [0.1, 0.15) is 0 Å². The number of carbonyl (C=O) groups excluding carboxylic acids is 2. The zero-order valence-electron chi connectivity index (χ0n) is 17.3. The summed E-state index contributed by atoms with van der Waals surface area (Å²) in [5.41, 5.74) is 5.27. The molecule has 1 aliphatic heterocycles. The van der Waals surface area contributed by atoms with Crippen LogP contribution in [-0.2, 0) is 13.0 Å². The molecule has 3 aromatic rings. The van der Waals surface area contributed by atoms with Crippen LogP contribution in [-0.4, -0.2) is 24.9 Å². The molecule has 0 fully saturated rings. The molecule has 0 bridgehead atoms. The molecule has 4 rings (SSSR count). The van der Waals surface area contributed by atoms with Crippen LogP contribution < -0.4 is 15.5 Å². The Balaban J connectivity index is 1.43. The molecular weight excluding hydrogens is 386 g/mol. The van der Waals surface area contributed by atoms with E-state index in [9.17, 15) is 9.59 Å². The molecule has 5 nitrogen and oxygen atoms in total. The van der Waals surface area contributed by atoms with Gasteiger partial charge in [0, 0.05) is 30.9 Å². The van der Waals surface area contributed by atoms with Crippen molar-refractivity contribution in [3.05, 3.63) is 108 Å². The molecule has 0 saturated heterocycles. The number of fused-ring (bicyclic) bond motifs is 1. The van der Waals surface area contributed by atoms with Gasteiger partial charge < -0.3 is 15.5 Å². The van der Waals surface area contributed by atoms with Crippen LogP contribution in [0.25, 0.3) is 0 Å². The molecule has 0 atom stereocenters. The minimum absolute atomic E-state index is 0.248. The van der Waals surface area contributed by atoms with Crippen LogP contribution in [0.15, 0.2) is 85.5 Å². The van der Waals surface area contributed by atoms with Crippen LogP contribution >= 0.6 is 0 Å². The number of para-hydroxylation sites is 2. The Bertz CT molecular complexity index is 1110. The number of carbonyl (C=O) groups is 2.